The van der Waals surface area contributed by atoms with Gasteiger partial charge in [0.1, 0.15) is 4.33 Å². The molecule has 0 bridgehead atoms. The Morgan fingerprint density at radius 3 is 2.24 bits per heavy atom. The highest BCUT2D eigenvalue weighted by atomic mass is 35.5. The van der Waals surface area contributed by atoms with Gasteiger partial charge in [-0.3, -0.25) is 9.59 Å². The molecule has 33 heavy (non-hydrogen) atoms. The summed E-state index contributed by atoms with van der Waals surface area (Å²) in [5, 5.41) is 3.52. The minimum Gasteiger partial charge on any atom is -0.338 e. The zero-order valence-electron chi connectivity index (χ0n) is 17.0. The molecule has 176 valence electrons. The number of halogens is 7. The van der Waals surface area contributed by atoms with E-state index in [0.717, 1.165) is 0 Å². The Balaban J connectivity index is 1.48. The molecule has 2 saturated carbocycles. The predicted molar refractivity (Wildman–Crippen MR) is 127 cm³/mol. The van der Waals surface area contributed by atoms with Crippen molar-refractivity contribution in [3.8, 4) is 0 Å². The van der Waals surface area contributed by atoms with Crippen LogP contribution >= 0.6 is 58.0 Å². The maximum Gasteiger partial charge on any atom is 0.255 e. The van der Waals surface area contributed by atoms with Gasteiger partial charge in [0.25, 0.3) is 11.8 Å². The highest BCUT2D eigenvalue weighted by Crippen LogP contribution is 2.65. The zero-order chi connectivity index (χ0) is 24.3. The van der Waals surface area contributed by atoms with Gasteiger partial charge in [-0.25, -0.2) is 8.78 Å². The Morgan fingerprint density at radius 2 is 1.64 bits per heavy atom. The Bertz CT molecular complexity index is 1140. The van der Waals surface area contributed by atoms with Gasteiger partial charge in [0.2, 0.25) is 5.91 Å². The molecule has 11 heteroatoms. The second kappa shape index (κ2) is 8.72. The lowest BCUT2D eigenvalue weighted by Crippen LogP contribution is -2.51. The molecule has 2 aromatic rings. The summed E-state index contributed by atoms with van der Waals surface area (Å²) in [7, 11) is 1.45. The van der Waals surface area contributed by atoms with Gasteiger partial charge in [-0.05, 0) is 35.9 Å². The van der Waals surface area contributed by atoms with E-state index in [1.54, 1.807) is 18.2 Å². The number of amides is 2. The Kier molecular flexibility index (Phi) is 6.56. The van der Waals surface area contributed by atoms with Crippen LogP contribution in [-0.4, -0.2) is 40.1 Å². The van der Waals surface area contributed by atoms with Crippen molar-refractivity contribution in [2.45, 2.75) is 35.1 Å². The van der Waals surface area contributed by atoms with Gasteiger partial charge in [0, 0.05) is 37.5 Å². The maximum atomic E-state index is 13.2. The first kappa shape index (κ1) is 24.8. The molecular weight excluding hydrogens is 540 g/mol. The van der Waals surface area contributed by atoms with Crippen molar-refractivity contribution in [2.75, 3.05) is 12.4 Å². The van der Waals surface area contributed by atoms with Gasteiger partial charge < -0.3 is 10.2 Å². The average molecular weight is 557 g/mol. The van der Waals surface area contributed by atoms with Crippen molar-refractivity contribution in [1.82, 2.24) is 4.90 Å². The molecular formula is C22H17Cl5F2N2O2. The number of rotatable bonds is 5. The largest absolute Gasteiger partial charge is 0.338 e. The molecule has 2 aliphatic rings. The van der Waals surface area contributed by atoms with Gasteiger partial charge >= 0.3 is 0 Å². The van der Waals surface area contributed by atoms with Crippen molar-refractivity contribution in [3.05, 3.63) is 62.6 Å². The fraction of sp³-hybridized carbons (Fsp3) is 0.364. The van der Waals surface area contributed by atoms with Crippen molar-refractivity contribution in [3.63, 3.8) is 0 Å². The second-order valence-corrected chi connectivity index (χ2v) is 11.0. The molecule has 2 aliphatic carbocycles. The average Bonchev–Trinajstić information content (AvgIpc) is 3.30. The SMILES string of the molecule is CN(C(=O)c1cc(NC(=O)C2C(c3ccc(Cl)c(Cl)c3)C2(Cl)Cl)ccc1Cl)C1CC(F)(F)C1. The first-order valence-electron chi connectivity index (χ1n) is 9.90. The van der Waals surface area contributed by atoms with Gasteiger partial charge in [-0.15, -0.1) is 23.2 Å². The molecule has 4 rings (SSSR count). The summed E-state index contributed by atoms with van der Waals surface area (Å²) in [5.74, 6) is -5.00. The third-order valence-electron chi connectivity index (χ3n) is 6.04. The molecule has 1 N–H and O–H groups in total. The predicted octanol–water partition coefficient (Wildman–Crippen LogP) is 7.04. The lowest BCUT2D eigenvalue weighted by atomic mass is 9.87. The summed E-state index contributed by atoms with van der Waals surface area (Å²) in [6.45, 7) is 0. The quantitative estimate of drug-likeness (QED) is 0.402. The van der Waals surface area contributed by atoms with E-state index < -0.39 is 52.8 Å². The topological polar surface area (TPSA) is 49.4 Å². The highest BCUT2D eigenvalue weighted by Gasteiger charge is 2.67. The van der Waals surface area contributed by atoms with E-state index in [0.29, 0.717) is 21.3 Å². The van der Waals surface area contributed by atoms with Gasteiger partial charge in [0.15, 0.2) is 0 Å². The Morgan fingerprint density at radius 1 is 1.00 bits per heavy atom. The summed E-state index contributed by atoms with van der Waals surface area (Å²) in [6, 6.07) is 8.71. The monoisotopic (exact) mass is 554 g/mol. The molecule has 4 nitrogen and oxygen atoms in total. The van der Waals surface area contributed by atoms with E-state index in [4.69, 9.17) is 58.0 Å². The van der Waals surface area contributed by atoms with E-state index in [1.165, 1.54) is 30.1 Å². The molecule has 0 spiro atoms. The third kappa shape index (κ3) is 4.78. The molecule has 0 heterocycles. The van der Waals surface area contributed by atoms with Crippen LogP contribution in [0.25, 0.3) is 0 Å². The highest BCUT2D eigenvalue weighted by molar-refractivity contribution is 6.53. The molecule has 2 fully saturated rings. The van der Waals surface area contributed by atoms with Crippen LogP contribution < -0.4 is 5.32 Å². The lowest BCUT2D eigenvalue weighted by Gasteiger charge is -2.40. The fourth-order valence-corrected chi connectivity index (χ4v) is 5.35. The second-order valence-electron chi connectivity index (χ2n) is 8.32. The number of carbonyl (C=O) groups excluding carboxylic acids is 2. The summed E-state index contributed by atoms with van der Waals surface area (Å²) >= 11 is 30.9. The molecule has 0 radical (unpaired) electrons. The molecule has 2 amide bonds. The normalized spacial score (nSPS) is 22.9. The van der Waals surface area contributed by atoms with E-state index in [9.17, 15) is 18.4 Å². The summed E-state index contributed by atoms with van der Waals surface area (Å²) in [5.41, 5.74) is 1.05. The van der Waals surface area contributed by atoms with E-state index >= 15 is 0 Å². The van der Waals surface area contributed by atoms with Crippen molar-refractivity contribution in [1.29, 1.82) is 0 Å². The smallest absolute Gasteiger partial charge is 0.255 e. The molecule has 2 aromatic carbocycles. The van der Waals surface area contributed by atoms with E-state index in [-0.39, 0.29) is 10.6 Å². The molecule has 2 atom stereocenters. The number of carbonyl (C=O) groups is 2. The molecule has 0 aliphatic heterocycles. The van der Waals surface area contributed by atoms with Crippen molar-refractivity contribution in [2.24, 2.45) is 5.92 Å². The standard InChI is InChI=1S/C22H17Cl5F2N2O2/c1-31(12-8-21(28,29)9-12)20(33)13-7-11(3-5-14(13)23)30-19(32)18-17(22(18,26)27)10-2-4-15(24)16(25)6-10/h2-7,12,17-18H,8-9H2,1H3,(H,30,32). The summed E-state index contributed by atoms with van der Waals surface area (Å²) in [4.78, 5) is 27.0. The number of hydrogen-bond donors (Lipinski definition) is 1. The van der Waals surface area contributed by atoms with Crippen LogP contribution in [-0.2, 0) is 4.79 Å². The fourth-order valence-electron chi connectivity index (χ4n) is 4.02. The van der Waals surface area contributed by atoms with E-state index in [2.05, 4.69) is 5.32 Å². The number of alkyl halides is 4. The van der Waals surface area contributed by atoms with Crippen LogP contribution in [0.4, 0.5) is 14.5 Å². The van der Waals surface area contributed by atoms with Crippen molar-refractivity contribution < 1.29 is 18.4 Å². The molecule has 2 unspecified atom stereocenters. The molecule has 0 saturated heterocycles. The lowest BCUT2D eigenvalue weighted by molar-refractivity contribution is -0.117. The van der Waals surface area contributed by atoms with E-state index in [1.807, 2.05) is 0 Å². The number of benzene rings is 2. The summed E-state index contributed by atoms with van der Waals surface area (Å²) in [6.07, 6.45) is -0.789. The van der Waals surface area contributed by atoms with Gasteiger partial charge in [0.05, 0.1) is 26.5 Å². The Hall–Kier alpha value is -1.31. The summed E-state index contributed by atoms with van der Waals surface area (Å²) < 4.78 is 25.0. The van der Waals surface area contributed by atoms with Crippen LogP contribution in [0.15, 0.2) is 36.4 Å². The minimum absolute atomic E-state index is 0.0898. The number of hydrogen-bond acceptors (Lipinski definition) is 2. The van der Waals surface area contributed by atoms with Gasteiger partial charge in [-0.1, -0.05) is 40.9 Å². The van der Waals surface area contributed by atoms with Crippen molar-refractivity contribution >= 4 is 75.5 Å². The number of nitrogens with one attached hydrogen (secondary N) is 1. The first-order chi connectivity index (χ1) is 15.3. The molecule has 0 aromatic heterocycles. The number of anilines is 1. The first-order valence-corrected chi connectivity index (χ1v) is 11.8. The number of nitrogens with zero attached hydrogens (tertiary/aromatic N) is 1. The third-order valence-corrected chi connectivity index (χ3v) is 8.05. The van der Waals surface area contributed by atoms with Crippen LogP contribution in [0.5, 0.6) is 0 Å². The van der Waals surface area contributed by atoms with Crippen LogP contribution in [0, 0.1) is 5.92 Å². The van der Waals surface area contributed by atoms with Crippen LogP contribution in [0.1, 0.15) is 34.7 Å². The van der Waals surface area contributed by atoms with Crippen LogP contribution in [0.3, 0.4) is 0 Å². The van der Waals surface area contributed by atoms with Gasteiger partial charge in [-0.2, -0.15) is 0 Å². The minimum atomic E-state index is -2.76. The van der Waals surface area contributed by atoms with Crippen LogP contribution in [0.2, 0.25) is 15.1 Å². The Labute approximate surface area is 214 Å². The maximum absolute atomic E-state index is 13.2. The zero-order valence-corrected chi connectivity index (χ0v) is 20.8.